The highest BCUT2D eigenvalue weighted by Gasteiger charge is 2.22. The number of carbonyl (C=O) groups is 1. The first kappa shape index (κ1) is 15.6. The van der Waals surface area contributed by atoms with Crippen molar-refractivity contribution in [2.75, 3.05) is 50.1 Å². The van der Waals surface area contributed by atoms with Gasteiger partial charge in [-0.05, 0) is 12.1 Å². The van der Waals surface area contributed by atoms with Crippen molar-refractivity contribution in [3.05, 3.63) is 24.3 Å². The van der Waals surface area contributed by atoms with Gasteiger partial charge in [0.1, 0.15) is 0 Å². The molecule has 21 heavy (non-hydrogen) atoms. The van der Waals surface area contributed by atoms with Crippen molar-refractivity contribution in [2.24, 2.45) is 5.73 Å². The van der Waals surface area contributed by atoms with Gasteiger partial charge in [-0.1, -0.05) is 24.4 Å². The summed E-state index contributed by atoms with van der Waals surface area (Å²) in [5.74, 6) is 0.0885. The molecule has 0 unspecified atom stereocenters. The minimum absolute atomic E-state index is 0.0885. The molecule has 0 atom stereocenters. The highest BCUT2D eigenvalue weighted by atomic mass is 32.1. The van der Waals surface area contributed by atoms with Gasteiger partial charge in [-0.3, -0.25) is 4.79 Å². The van der Waals surface area contributed by atoms with Gasteiger partial charge < -0.3 is 20.4 Å². The fourth-order valence-corrected chi connectivity index (χ4v) is 2.51. The Kier molecular flexibility index (Phi) is 5.01. The maximum Gasteiger partial charge on any atom is 0.241 e. The average Bonchev–Trinajstić information content (AvgIpc) is 2.47. The molecule has 0 saturated carbocycles. The van der Waals surface area contributed by atoms with Crippen LogP contribution in [0, 0.1) is 0 Å². The van der Waals surface area contributed by atoms with Crippen LogP contribution in [0.1, 0.15) is 6.42 Å². The molecule has 0 spiro atoms. The van der Waals surface area contributed by atoms with Crippen LogP contribution < -0.4 is 15.5 Å². The summed E-state index contributed by atoms with van der Waals surface area (Å²) < 4.78 is 0. The van der Waals surface area contributed by atoms with Crippen LogP contribution in [0.5, 0.6) is 0 Å². The molecule has 0 radical (unpaired) electrons. The molecule has 0 fully saturated rings. The molecule has 1 amide bonds. The highest BCUT2D eigenvalue weighted by Crippen LogP contribution is 2.31. The molecule has 5 nitrogen and oxygen atoms in total. The normalized spacial score (nSPS) is 13.8. The molecule has 1 aromatic rings. The minimum atomic E-state index is 0.0885. The maximum absolute atomic E-state index is 12.3. The van der Waals surface area contributed by atoms with Gasteiger partial charge in [-0.15, -0.1) is 0 Å². The number of benzene rings is 1. The van der Waals surface area contributed by atoms with Crippen molar-refractivity contribution in [1.29, 1.82) is 0 Å². The number of likely N-dealkylation sites (N-methyl/N-ethyl adjacent to an activating group) is 2. The number of rotatable bonds is 5. The summed E-state index contributed by atoms with van der Waals surface area (Å²) in [5.41, 5.74) is 7.76. The summed E-state index contributed by atoms with van der Waals surface area (Å²) in [6, 6.07) is 8.18. The van der Waals surface area contributed by atoms with E-state index in [4.69, 9.17) is 18.0 Å². The quantitative estimate of drug-likeness (QED) is 0.825. The van der Waals surface area contributed by atoms with Gasteiger partial charge in [-0.2, -0.15) is 0 Å². The third kappa shape index (κ3) is 3.85. The molecule has 1 heterocycles. The monoisotopic (exact) mass is 306 g/mol. The van der Waals surface area contributed by atoms with Crippen LogP contribution >= 0.6 is 12.2 Å². The molecule has 114 valence electrons. The zero-order valence-electron chi connectivity index (χ0n) is 12.6. The Balaban J connectivity index is 2.02. The molecule has 2 N–H and O–H groups in total. The van der Waals surface area contributed by atoms with Crippen LogP contribution in [-0.4, -0.2) is 56.1 Å². The Hall–Kier alpha value is -1.82. The second-order valence-electron chi connectivity index (χ2n) is 5.36. The summed E-state index contributed by atoms with van der Waals surface area (Å²) in [6.07, 6.45) is 0.566. The number of hydrogen-bond donors (Lipinski definition) is 1. The van der Waals surface area contributed by atoms with Crippen molar-refractivity contribution >= 4 is 34.5 Å². The second-order valence-corrected chi connectivity index (χ2v) is 5.89. The van der Waals surface area contributed by atoms with Crippen molar-refractivity contribution in [3.8, 4) is 0 Å². The Morgan fingerprint density at radius 3 is 2.67 bits per heavy atom. The number of para-hydroxylation sites is 2. The highest BCUT2D eigenvalue weighted by molar-refractivity contribution is 7.80. The fourth-order valence-electron chi connectivity index (χ4n) is 2.42. The summed E-state index contributed by atoms with van der Waals surface area (Å²) in [7, 11) is 3.87. The number of fused-ring (bicyclic) bond motifs is 1. The van der Waals surface area contributed by atoms with E-state index in [-0.39, 0.29) is 5.91 Å². The molecule has 0 saturated heterocycles. The first-order valence-electron chi connectivity index (χ1n) is 7.06. The third-order valence-corrected chi connectivity index (χ3v) is 3.99. The first-order valence-corrected chi connectivity index (χ1v) is 7.47. The lowest BCUT2D eigenvalue weighted by Gasteiger charge is -2.37. The van der Waals surface area contributed by atoms with E-state index >= 15 is 0 Å². The largest absolute Gasteiger partial charge is 0.393 e. The second kappa shape index (κ2) is 6.76. The molecule has 2 rings (SSSR count). The van der Waals surface area contributed by atoms with Crippen molar-refractivity contribution < 1.29 is 4.79 Å². The van der Waals surface area contributed by atoms with Crippen LogP contribution in [0.4, 0.5) is 11.4 Å². The van der Waals surface area contributed by atoms with Gasteiger partial charge in [0.25, 0.3) is 0 Å². The van der Waals surface area contributed by atoms with Crippen LogP contribution in [0.2, 0.25) is 0 Å². The standard InChI is InChI=1S/C15H22N4OS/c1-17-9-10-19(13-6-4-3-5-12(13)17)11-15(20)18(2)8-7-14(16)21/h3-6H,7-11H2,1-2H3,(H2,16,21). The van der Waals surface area contributed by atoms with Crippen molar-refractivity contribution in [1.82, 2.24) is 4.90 Å². The van der Waals surface area contributed by atoms with E-state index in [9.17, 15) is 4.79 Å². The van der Waals surface area contributed by atoms with E-state index in [2.05, 4.69) is 29.0 Å². The van der Waals surface area contributed by atoms with E-state index in [1.165, 1.54) is 5.69 Å². The SMILES string of the molecule is CN(CCC(N)=S)C(=O)CN1CCN(C)c2ccccc21. The van der Waals surface area contributed by atoms with Crippen molar-refractivity contribution in [3.63, 3.8) is 0 Å². The summed E-state index contributed by atoms with van der Waals surface area (Å²) >= 11 is 4.85. The number of thiocarbonyl (C=S) groups is 1. The first-order chi connectivity index (χ1) is 9.99. The fraction of sp³-hybridized carbons (Fsp3) is 0.467. The van der Waals surface area contributed by atoms with E-state index in [1.807, 2.05) is 12.1 Å². The van der Waals surface area contributed by atoms with Crippen LogP contribution in [-0.2, 0) is 4.79 Å². The van der Waals surface area contributed by atoms with Gasteiger partial charge >= 0.3 is 0 Å². The van der Waals surface area contributed by atoms with Gasteiger partial charge in [0.15, 0.2) is 0 Å². The zero-order valence-corrected chi connectivity index (χ0v) is 13.4. The lowest BCUT2D eigenvalue weighted by Crippen LogP contribution is -2.45. The van der Waals surface area contributed by atoms with Gasteiger partial charge in [0, 0.05) is 40.2 Å². The molecular weight excluding hydrogens is 284 g/mol. The van der Waals surface area contributed by atoms with E-state index in [1.54, 1.807) is 11.9 Å². The maximum atomic E-state index is 12.3. The predicted molar refractivity (Wildman–Crippen MR) is 91.0 cm³/mol. The molecule has 0 aliphatic carbocycles. The topological polar surface area (TPSA) is 52.8 Å². The van der Waals surface area contributed by atoms with Crippen molar-refractivity contribution in [2.45, 2.75) is 6.42 Å². The molecule has 0 aromatic heterocycles. The van der Waals surface area contributed by atoms with Gasteiger partial charge in [-0.25, -0.2) is 0 Å². The average molecular weight is 306 g/mol. The number of anilines is 2. The summed E-state index contributed by atoms with van der Waals surface area (Å²) in [4.78, 5) is 18.8. The van der Waals surface area contributed by atoms with Crippen LogP contribution in [0.15, 0.2) is 24.3 Å². The third-order valence-electron chi connectivity index (χ3n) is 3.78. The van der Waals surface area contributed by atoms with Gasteiger partial charge in [0.2, 0.25) is 5.91 Å². The summed E-state index contributed by atoms with van der Waals surface area (Å²) in [5, 5.41) is 0. The number of carbonyl (C=O) groups excluding carboxylic acids is 1. The molecule has 6 heteroatoms. The zero-order chi connectivity index (χ0) is 15.4. The van der Waals surface area contributed by atoms with Crippen LogP contribution in [0.3, 0.4) is 0 Å². The number of nitrogens with zero attached hydrogens (tertiary/aromatic N) is 3. The lowest BCUT2D eigenvalue weighted by atomic mass is 10.1. The number of nitrogens with two attached hydrogens (primary N) is 1. The molecular formula is C15H22N4OS. The van der Waals surface area contributed by atoms with E-state index in [0.29, 0.717) is 24.5 Å². The number of hydrogen-bond acceptors (Lipinski definition) is 4. The predicted octanol–water partition coefficient (Wildman–Crippen LogP) is 1.08. The summed E-state index contributed by atoms with van der Waals surface area (Å²) in [6.45, 7) is 2.73. The molecule has 1 aliphatic rings. The van der Waals surface area contributed by atoms with Gasteiger partial charge in [0.05, 0.1) is 22.9 Å². The van der Waals surface area contributed by atoms with E-state index in [0.717, 1.165) is 18.8 Å². The lowest BCUT2D eigenvalue weighted by molar-refractivity contribution is -0.128. The Labute approximate surface area is 131 Å². The smallest absolute Gasteiger partial charge is 0.241 e. The Bertz CT molecular complexity index is 534. The molecule has 1 aromatic carbocycles. The number of amides is 1. The van der Waals surface area contributed by atoms with Crippen LogP contribution in [0.25, 0.3) is 0 Å². The van der Waals surface area contributed by atoms with E-state index < -0.39 is 0 Å². The Morgan fingerprint density at radius 1 is 1.33 bits per heavy atom. The molecule has 1 aliphatic heterocycles. The molecule has 0 bridgehead atoms. The minimum Gasteiger partial charge on any atom is -0.393 e. The Morgan fingerprint density at radius 2 is 2.00 bits per heavy atom.